The topological polar surface area (TPSA) is 66.6 Å². The number of ether oxygens (including phenoxy) is 1. The lowest BCUT2D eigenvalue weighted by molar-refractivity contribution is -0.871. The molecule has 2 aromatic rings. The van der Waals surface area contributed by atoms with Gasteiger partial charge in [-0.05, 0) is 42.0 Å². The number of carbonyl (C=O) groups is 1. The molecular formula is C19H21BrN3O2+. The molecule has 25 heavy (non-hydrogen) atoms. The van der Waals surface area contributed by atoms with Gasteiger partial charge in [0.2, 0.25) is 0 Å². The van der Waals surface area contributed by atoms with Crippen LogP contribution in [0.2, 0.25) is 0 Å². The van der Waals surface area contributed by atoms with E-state index >= 15 is 0 Å². The number of benzene rings is 2. The van der Waals surface area contributed by atoms with Crippen LogP contribution >= 0.6 is 15.9 Å². The molecule has 2 N–H and O–H groups in total. The molecule has 2 aromatic carbocycles. The molecule has 1 unspecified atom stereocenters. The minimum Gasteiger partial charge on any atom is -0.488 e. The first-order valence-electron chi connectivity index (χ1n) is 8.02. The van der Waals surface area contributed by atoms with Gasteiger partial charge >= 0.3 is 0 Å². The van der Waals surface area contributed by atoms with Crippen molar-refractivity contribution in [1.82, 2.24) is 0 Å². The Bertz CT molecular complexity index is 724. The van der Waals surface area contributed by atoms with Crippen molar-refractivity contribution in [2.24, 2.45) is 0 Å². The molecule has 1 atom stereocenters. The molecule has 6 heteroatoms. The van der Waals surface area contributed by atoms with Crippen LogP contribution in [-0.4, -0.2) is 32.7 Å². The van der Waals surface area contributed by atoms with Crippen LogP contribution in [0.3, 0.4) is 0 Å². The van der Waals surface area contributed by atoms with E-state index in [4.69, 9.17) is 10.00 Å². The summed E-state index contributed by atoms with van der Waals surface area (Å²) >= 11 is 3.38. The second-order valence-corrected chi connectivity index (χ2v) is 6.68. The summed E-state index contributed by atoms with van der Waals surface area (Å²) in [6.45, 7) is 1.64. The number of carbonyl (C=O) groups excluding carboxylic acids is 1. The lowest BCUT2D eigenvalue weighted by atomic mass is 10.1. The lowest BCUT2D eigenvalue weighted by Gasteiger charge is -2.14. The smallest absolute Gasteiger partial charge is 0.279 e. The highest BCUT2D eigenvalue weighted by Gasteiger charge is 2.10. The van der Waals surface area contributed by atoms with Gasteiger partial charge in [-0.25, -0.2) is 0 Å². The normalized spacial score (nSPS) is 11.4. The Morgan fingerprint density at radius 3 is 2.52 bits per heavy atom. The van der Waals surface area contributed by atoms with Crippen LogP contribution in [0.1, 0.15) is 5.56 Å². The van der Waals surface area contributed by atoms with Gasteiger partial charge in [-0.3, -0.25) is 4.79 Å². The maximum atomic E-state index is 12.1. The summed E-state index contributed by atoms with van der Waals surface area (Å²) in [5.74, 6) is 0.770. The molecule has 1 amide bonds. The molecule has 0 aliphatic carbocycles. The average molecular weight is 403 g/mol. The molecule has 0 aliphatic heterocycles. The predicted octanol–water partition coefficient (Wildman–Crippen LogP) is 2.05. The minimum absolute atomic E-state index is 0.0471. The zero-order chi connectivity index (χ0) is 18.1. The van der Waals surface area contributed by atoms with E-state index in [0.717, 1.165) is 32.9 Å². The van der Waals surface area contributed by atoms with E-state index in [1.54, 1.807) is 0 Å². The van der Waals surface area contributed by atoms with Crippen molar-refractivity contribution in [2.45, 2.75) is 6.42 Å². The van der Waals surface area contributed by atoms with Gasteiger partial charge in [-0.15, -0.1) is 0 Å². The zero-order valence-corrected chi connectivity index (χ0v) is 15.7. The van der Waals surface area contributed by atoms with Gasteiger partial charge in [0.15, 0.2) is 6.54 Å². The van der Waals surface area contributed by atoms with Gasteiger partial charge in [-0.1, -0.05) is 28.1 Å². The van der Waals surface area contributed by atoms with Crippen molar-refractivity contribution < 1.29 is 14.4 Å². The Labute approximate surface area is 156 Å². The summed E-state index contributed by atoms with van der Waals surface area (Å²) in [5.41, 5.74) is 1.68. The monoisotopic (exact) mass is 402 g/mol. The van der Waals surface area contributed by atoms with E-state index in [1.165, 1.54) is 0 Å². The summed E-state index contributed by atoms with van der Waals surface area (Å²) in [6.07, 6.45) is 0.374. The summed E-state index contributed by atoms with van der Waals surface area (Å²) in [4.78, 5) is 13.1. The molecule has 0 spiro atoms. The van der Waals surface area contributed by atoms with Crippen molar-refractivity contribution in [2.75, 3.05) is 32.1 Å². The third-order valence-electron chi connectivity index (χ3n) is 3.59. The minimum atomic E-state index is -0.0471. The number of rotatable bonds is 8. The first-order chi connectivity index (χ1) is 12.1. The highest BCUT2D eigenvalue weighted by Crippen LogP contribution is 2.15. The maximum Gasteiger partial charge on any atom is 0.279 e. The van der Waals surface area contributed by atoms with Gasteiger partial charge in [0.1, 0.15) is 18.9 Å². The Morgan fingerprint density at radius 1 is 1.20 bits per heavy atom. The number of hydrogen-bond acceptors (Lipinski definition) is 3. The van der Waals surface area contributed by atoms with Crippen LogP contribution in [0, 0.1) is 11.3 Å². The fourth-order valence-electron chi connectivity index (χ4n) is 2.24. The maximum absolute atomic E-state index is 12.1. The number of nitrogens with one attached hydrogen (secondary N) is 2. The summed E-state index contributed by atoms with van der Waals surface area (Å²) in [6, 6.07) is 17.1. The molecular weight excluding hydrogens is 382 g/mol. The third kappa shape index (κ3) is 6.96. The van der Waals surface area contributed by atoms with E-state index in [-0.39, 0.29) is 5.91 Å². The van der Waals surface area contributed by atoms with Crippen molar-refractivity contribution in [1.29, 1.82) is 5.26 Å². The molecule has 0 aliphatic rings. The number of amides is 1. The zero-order valence-electron chi connectivity index (χ0n) is 14.1. The second kappa shape index (κ2) is 9.82. The summed E-state index contributed by atoms with van der Waals surface area (Å²) in [5, 5.41) is 11.5. The number of likely N-dealkylation sites (N-methyl/N-ethyl adjacent to an activating group) is 1. The van der Waals surface area contributed by atoms with Gasteiger partial charge in [0, 0.05) is 10.2 Å². The van der Waals surface area contributed by atoms with Crippen LogP contribution in [-0.2, 0) is 11.2 Å². The third-order valence-corrected chi connectivity index (χ3v) is 4.12. The predicted molar refractivity (Wildman–Crippen MR) is 101 cm³/mol. The van der Waals surface area contributed by atoms with E-state index in [2.05, 4.69) is 27.3 Å². The van der Waals surface area contributed by atoms with Gasteiger partial charge in [-0.2, -0.15) is 5.26 Å². The molecule has 5 nitrogen and oxygen atoms in total. The van der Waals surface area contributed by atoms with Crippen LogP contribution in [0.15, 0.2) is 53.0 Å². The molecule has 0 fully saturated rings. The molecule has 0 heterocycles. The average Bonchev–Trinajstić information content (AvgIpc) is 2.58. The fourth-order valence-corrected chi connectivity index (χ4v) is 2.50. The highest BCUT2D eigenvalue weighted by molar-refractivity contribution is 9.10. The molecule has 0 bridgehead atoms. The number of quaternary nitrogens is 1. The SMILES string of the molecule is C[NH+](CCOc1ccc(Br)cc1)CC(=O)Nc1ccc(CC#N)cc1. The number of halogens is 1. The summed E-state index contributed by atoms with van der Waals surface area (Å²) in [7, 11) is 1.96. The van der Waals surface area contributed by atoms with E-state index < -0.39 is 0 Å². The molecule has 130 valence electrons. The Morgan fingerprint density at radius 2 is 1.88 bits per heavy atom. The van der Waals surface area contributed by atoms with E-state index in [1.807, 2.05) is 55.6 Å². The van der Waals surface area contributed by atoms with Crippen LogP contribution < -0.4 is 15.0 Å². The molecule has 0 aromatic heterocycles. The Kier molecular flexibility index (Phi) is 7.45. The van der Waals surface area contributed by atoms with Gasteiger partial charge in [0.05, 0.1) is 19.5 Å². The van der Waals surface area contributed by atoms with Crippen molar-refractivity contribution in [3.05, 3.63) is 58.6 Å². The van der Waals surface area contributed by atoms with Crippen molar-refractivity contribution in [3.8, 4) is 11.8 Å². The number of hydrogen-bond donors (Lipinski definition) is 2. The van der Waals surface area contributed by atoms with Gasteiger partial charge in [0.25, 0.3) is 5.91 Å². The summed E-state index contributed by atoms with van der Waals surface area (Å²) < 4.78 is 6.68. The van der Waals surface area contributed by atoms with Crippen molar-refractivity contribution in [3.63, 3.8) is 0 Å². The van der Waals surface area contributed by atoms with E-state index in [0.29, 0.717) is 19.6 Å². The largest absolute Gasteiger partial charge is 0.488 e. The fraction of sp³-hybridized carbons (Fsp3) is 0.263. The van der Waals surface area contributed by atoms with Gasteiger partial charge < -0.3 is 15.0 Å². The van der Waals surface area contributed by atoms with Crippen molar-refractivity contribution >= 4 is 27.5 Å². The Balaban J connectivity index is 1.70. The molecule has 0 saturated carbocycles. The highest BCUT2D eigenvalue weighted by atomic mass is 79.9. The molecule has 0 radical (unpaired) electrons. The van der Waals surface area contributed by atoms with E-state index in [9.17, 15) is 4.79 Å². The second-order valence-electron chi connectivity index (χ2n) is 5.77. The van der Waals surface area contributed by atoms with Crippen LogP contribution in [0.5, 0.6) is 5.75 Å². The Hall–Kier alpha value is -2.36. The number of nitriles is 1. The van der Waals surface area contributed by atoms with Crippen LogP contribution in [0.4, 0.5) is 5.69 Å². The number of anilines is 1. The lowest BCUT2D eigenvalue weighted by Crippen LogP contribution is -3.10. The standard InChI is InChI=1S/C19H20BrN3O2/c1-23(12-13-25-18-8-4-16(20)5-9-18)14-19(24)22-17-6-2-15(3-7-17)10-11-21/h2-9H,10,12-14H2,1H3,(H,22,24)/p+1. The number of nitrogens with zero attached hydrogens (tertiary/aromatic N) is 1. The molecule has 2 rings (SSSR count). The quantitative estimate of drug-likeness (QED) is 0.709. The first kappa shape index (κ1) is 19.0. The first-order valence-corrected chi connectivity index (χ1v) is 8.81. The van der Waals surface area contributed by atoms with Crippen LogP contribution in [0.25, 0.3) is 0 Å². The molecule has 0 saturated heterocycles.